The number of hydrogen-bond donors (Lipinski definition) is 0. The van der Waals surface area contributed by atoms with Crippen molar-refractivity contribution in [3.63, 3.8) is 0 Å². The van der Waals surface area contributed by atoms with E-state index in [2.05, 4.69) is 50.3 Å². The van der Waals surface area contributed by atoms with Crippen LogP contribution in [0.4, 0.5) is 0 Å². The topological polar surface area (TPSA) is 43.4 Å². The van der Waals surface area contributed by atoms with E-state index in [4.69, 9.17) is 4.74 Å². The molecule has 0 aliphatic carbocycles. The van der Waals surface area contributed by atoms with Gasteiger partial charge in [0.1, 0.15) is 0 Å². The van der Waals surface area contributed by atoms with Crippen LogP contribution in [0.15, 0.2) is 91.0 Å². The van der Waals surface area contributed by atoms with Gasteiger partial charge in [-0.2, -0.15) is 0 Å². The minimum atomic E-state index is -4.06. The monoisotopic (exact) mass is 500 g/mol. The van der Waals surface area contributed by atoms with Crippen molar-refractivity contribution in [1.82, 2.24) is 0 Å². The summed E-state index contributed by atoms with van der Waals surface area (Å²) >= 11 is 4.24. The van der Waals surface area contributed by atoms with Crippen molar-refractivity contribution in [2.45, 2.75) is 11.6 Å². The summed E-state index contributed by atoms with van der Waals surface area (Å²) in [7, 11) is -2.75. The number of carbonyl (C=O) groups is 2. The summed E-state index contributed by atoms with van der Waals surface area (Å²) in [6.45, 7) is 0. The number of Topliss-reactive ketones (excluding diaryl/α,β-unsaturated/α-hetero) is 1. The number of carbonyl (C=O) groups excluding carboxylic acids is 2. The van der Waals surface area contributed by atoms with Crippen LogP contribution in [-0.2, 0) is 14.3 Å². The number of ketones is 1. The van der Waals surface area contributed by atoms with Crippen LogP contribution < -0.4 is 13.1 Å². The zero-order valence-corrected chi connectivity index (χ0v) is 19.1. The number of hydrogen-bond acceptors (Lipinski definition) is 3. The molecular formula is C23H22AsBrO3. The van der Waals surface area contributed by atoms with E-state index in [-0.39, 0.29) is 17.4 Å². The first-order chi connectivity index (χ1) is 13.5. The molecule has 28 heavy (non-hydrogen) atoms. The third-order valence-corrected chi connectivity index (χ3v) is 23.3. The molecular weight excluding hydrogens is 479 g/mol. The quantitative estimate of drug-likeness (QED) is 0.284. The Morgan fingerprint density at radius 2 is 1.11 bits per heavy atom. The molecule has 0 N–H and O–H groups in total. The van der Waals surface area contributed by atoms with Gasteiger partial charge in [0.2, 0.25) is 0 Å². The standard InChI is InChI=1S/C23H22AsBrO3/c1-28-23(27)17-22(26)18-24(25,19-11-5-2-6-12-19,20-13-7-3-8-14-20)21-15-9-4-10-16-21/h2-16H,17-18H2,1H3. The number of ether oxygens (including phenoxy) is 1. The predicted molar refractivity (Wildman–Crippen MR) is 119 cm³/mol. The number of esters is 1. The van der Waals surface area contributed by atoms with E-state index in [1.54, 1.807) is 0 Å². The Morgan fingerprint density at radius 1 is 0.750 bits per heavy atom. The van der Waals surface area contributed by atoms with E-state index < -0.39 is 16.6 Å². The second-order valence-corrected chi connectivity index (χ2v) is 23.7. The summed E-state index contributed by atoms with van der Waals surface area (Å²) in [5.74, 6) is -0.642. The first kappa shape index (κ1) is 20.6. The fraction of sp³-hybridized carbons (Fsp3) is 0.130. The van der Waals surface area contributed by atoms with E-state index in [1.807, 2.05) is 54.6 Å². The molecule has 0 spiro atoms. The zero-order valence-electron chi connectivity index (χ0n) is 15.6. The second-order valence-electron chi connectivity index (χ2n) is 6.64. The second kappa shape index (κ2) is 8.46. The molecule has 0 bridgehead atoms. The average Bonchev–Trinajstić information content (AvgIpc) is 2.75. The van der Waals surface area contributed by atoms with Gasteiger partial charge in [-0.3, -0.25) is 0 Å². The summed E-state index contributed by atoms with van der Waals surface area (Å²) in [6.07, 6.45) is -0.231. The fourth-order valence-corrected chi connectivity index (χ4v) is 18.3. The van der Waals surface area contributed by atoms with Gasteiger partial charge in [0.15, 0.2) is 0 Å². The SMILES string of the molecule is COC(=O)CC(=O)C[As](Br)(c1ccccc1)(c1ccccc1)c1ccccc1. The van der Waals surface area contributed by atoms with E-state index in [9.17, 15) is 9.59 Å². The molecule has 0 saturated carbocycles. The maximum atomic E-state index is 13.1. The third-order valence-electron chi connectivity index (χ3n) is 4.93. The van der Waals surface area contributed by atoms with Gasteiger partial charge in [-0.05, 0) is 0 Å². The molecule has 0 saturated heterocycles. The van der Waals surface area contributed by atoms with Crippen LogP contribution in [-0.4, -0.2) is 29.4 Å². The van der Waals surface area contributed by atoms with Crippen molar-refractivity contribution in [2.24, 2.45) is 0 Å². The number of benzene rings is 3. The first-order valence-corrected chi connectivity index (χ1v) is 17.5. The Bertz CT molecular complexity index is 859. The number of rotatable bonds is 7. The average molecular weight is 501 g/mol. The zero-order chi connectivity index (χ0) is 20.1. The molecule has 0 amide bonds. The van der Waals surface area contributed by atoms with Crippen molar-refractivity contribution in [3.8, 4) is 0 Å². The Kier molecular flexibility index (Phi) is 6.22. The van der Waals surface area contributed by atoms with Crippen LogP contribution in [0.1, 0.15) is 6.42 Å². The van der Waals surface area contributed by atoms with Gasteiger partial charge in [-0.1, -0.05) is 0 Å². The molecule has 0 aromatic heterocycles. The third kappa shape index (κ3) is 3.72. The molecule has 0 radical (unpaired) electrons. The molecule has 0 fully saturated rings. The van der Waals surface area contributed by atoms with Crippen LogP contribution in [0.5, 0.6) is 0 Å². The van der Waals surface area contributed by atoms with Crippen LogP contribution in [0.2, 0.25) is 5.21 Å². The van der Waals surface area contributed by atoms with Gasteiger partial charge in [0.05, 0.1) is 0 Å². The number of methoxy groups -OCH3 is 1. The van der Waals surface area contributed by atoms with Gasteiger partial charge < -0.3 is 0 Å². The minimum absolute atomic E-state index is 0.133. The van der Waals surface area contributed by atoms with Crippen molar-refractivity contribution in [1.29, 1.82) is 0 Å². The molecule has 5 heteroatoms. The first-order valence-electron chi connectivity index (χ1n) is 8.97. The predicted octanol–water partition coefficient (Wildman–Crippen LogP) is 3.13. The summed E-state index contributed by atoms with van der Waals surface area (Å²) in [4.78, 5) is 24.9. The van der Waals surface area contributed by atoms with Crippen molar-refractivity contribution in [2.75, 3.05) is 7.11 Å². The Morgan fingerprint density at radius 3 is 1.43 bits per heavy atom. The summed E-state index contributed by atoms with van der Waals surface area (Å²) in [5.41, 5.74) is 0. The maximum absolute atomic E-state index is 13.1. The number of halogens is 1. The van der Waals surface area contributed by atoms with Crippen LogP contribution >= 0.6 is 13.9 Å². The van der Waals surface area contributed by atoms with Gasteiger partial charge in [0.25, 0.3) is 0 Å². The van der Waals surface area contributed by atoms with Gasteiger partial charge >= 0.3 is 173 Å². The molecule has 3 nitrogen and oxygen atoms in total. The Hall–Kier alpha value is -2.16. The molecule has 3 rings (SSSR count). The molecule has 0 aliphatic heterocycles. The van der Waals surface area contributed by atoms with Gasteiger partial charge in [-0.25, -0.2) is 0 Å². The van der Waals surface area contributed by atoms with Crippen LogP contribution in [0, 0.1) is 0 Å². The fourth-order valence-electron chi connectivity index (χ4n) is 3.56. The molecule has 0 aliphatic rings. The Balaban J connectivity index is 2.31. The molecule has 3 aromatic rings. The van der Waals surface area contributed by atoms with E-state index in [0.717, 1.165) is 13.1 Å². The van der Waals surface area contributed by atoms with Crippen molar-refractivity contribution < 1.29 is 14.3 Å². The van der Waals surface area contributed by atoms with Crippen LogP contribution in [0.25, 0.3) is 0 Å². The van der Waals surface area contributed by atoms with E-state index in [1.165, 1.54) is 7.11 Å². The molecule has 0 heterocycles. The summed E-state index contributed by atoms with van der Waals surface area (Å²) in [5, 5.41) is 0.242. The van der Waals surface area contributed by atoms with Crippen molar-refractivity contribution in [3.05, 3.63) is 91.0 Å². The van der Waals surface area contributed by atoms with Crippen molar-refractivity contribution >= 4 is 49.3 Å². The molecule has 0 atom stereocenters. The van der Waals surface area contributed by atoms with Crippen LogP contribution in [0.3, 0.4) is 0 Å². The van der Waals surface area contributed by atoms with Gasteiger partial charge in [-0.15, -0.1) is 0 Å². The normalized spacial score (nSPS) is 12.6. The molecule has 3 aromatic carbocycles. The Labute approximate surface area is 172 Å². The summed E-state index contributed by atoms with van der Waals surface area (Å²) in [6, 6.07) is 30.3. The molecule has 0 unspecified atom stereocenters. The van der Waals surface area contributed by atoms with E-state index >= 15 is 0 Å². The molecule has 144 valence electrons. The summed E-state index contributed by atoms with van der Waals surface area (Å²) < 4.78 is 8.01. The van der Waals surface area contributed by atoms with Gasteiger partial charge in [0, 0.05) is 0 Å². The van der Waals surface area contributed by atoms with E-state index in [0.29, 0.717) is 0 Å².